The topological polar surface area (TPSA) is 108 Å². The Kier molecular flexibility index (Phi) is 6.75. The van der Waals surface area contributed by atoms with E-state index in [9.17, 15) is 32.9 Å². The zero-order valence-corrected chi connectivity index (χ0v) is 15.0. The summed E-state index contributed by atoms with van der Waals surface area (Å²) >= 11 is 0. The van der Waals surface area contributed by atoms with Gasteiger partial charge < -0.3 is 14.8 Å². The molecule has 0 atom stereocenters. The molecule has 0 radical (unpaired) electrons. The van der Waals surface area contributed by atoms with Crippen molar-refractivity contribution in [3.05, 3.63) is 63.7 Å². The third-order valence-electron chi connectivity index (χ3n) is 3.59. The Hall–Kier alpha value is -3.63. The Labute approximate surface area is 162 Å². The standard InChI is InChI=1S/C18H15F3N2O6/c1-11-4-2-7-14(23(26)27)17(11)22-15(24)9-29-16(25)10-28-13-6-3-5-12(8-13)18(19,20)21/h2-8H,9-10H2,1H3,(H,22,24). The Bertz CT molecular complexity index is 930. The number of nitro groups is 1. The van der Waals surface area contributed by atoms with E-state index in [1.807, 2.05) is 0 Å². The van der Waals surface area contributed by atoms with Gasteiger partial charge >= 0.3 is 12.1 Å². The Morgan fingerprint density at radius 1 is 1.14 bits per heavy atom. The number of carbonyl (C=O) groups excluding carboxylic acids is 2. The molecule has 0 aliphatic rings. The van der Waals surface area contributed by atoms with Crippen LogP contribution in [0.15, 0.2) is 42.5 Å². The summed E-state index contributed by atoms with van der Waals surface area (Å²) in [5.74, 6) is -2.02. The van der Waals surface area contributed by atoms with Crippen LogP contribution in [0.25, 0.3) is 0 Å². The van der Waals surface area contributed by atoms with Crippen molar-refractivity contribution in [2.75, 3.05) is 18.5 Å². The SMILES string of the molecule is Cc1cccc([N+](=O)[O-])c1NC(=O)COC(=O)COc1cccc(C(F)(F)F)c1. The molecule has 2 aromatic carbocycles. The van der Waals surface area contributed by atoms with Gasteiger partial charge in [0.1, 0.15) is 11.4 Å². The summed E-state index contributed by atoms with van der Waals surface area (Å²) in [5.41, 5.74) is -0.856. The molecule has 8 nitrogen and oxygen atoms in total. The van der Waals surface area contributed by atoms with Gasteiger partial charge in [0.25, 0.3) is 11.6 Å². The second-order valence-electron chi connectivity index (χ2n) is 5.75. The van der Waals surface area contributed by atoms with Crippen LogP contribution >= 0.6 is 0 Å². The van der Waals surface area contributed by atoms with Crippen molar-refractivity contribution >= 4 is 23.3 Å². The number of aryl methyl sites for hydroxylation is 1. The van der Waals surface area contributed by atoms with Crippen LogP contribution < -0.4 is 10.1 Å². The van der Waals surface area contributed by atoms with Gasteiger partial charge in [-0.2, -0.15) is 13.2 Å². The Balaban J connectivity index is 1.87. The molecule has 2 rings (SSSR count). The van der Waals surface area contributed by atoms with Crippen LogP contribution in [0.3, 0.4) is 0 Å². The maximum absolute atomic E-state index is 12.6. The molecule has 0 saturated heterocycles. The monoisotopic (exact) mass is 412 g/mol. The minimum Gasteiger partial charge on any atom is -0.482 e. The van der Waals surface area contributed by atoms with E-state index in [1.165, 1.54) is 18.2 Å². The summed E-state index contributed by atoms with van der Waals surface area (Å²) in [5, 5.41) is 13.3. The number of rotatable bonds is 7. The lowest BCUT2D eigenvalue weighted by atomic mass is 10.1. The first-order valence-electron chi connectivity index (χ1n) is 8.07. The molecule has 2 aromatic rings. The number of esters is 1. The summed E-state index contributed by atoms with van der Waals surface area (Å²) in [7, 11) is 0. The number of alkyl halides is 3. The van der Waals surface area contributed by atoms with Crippen molar-refractivity contribution in [1.29, 1.82) is 0 Å². The summed E-state index contributed by atoms with van der Waals surface area (Å²) in [6.45, 7) is 0.0763. The molecule has 11 heteroatoms. The van der Waals surface area contributed by atoms with Gasteiger partial charge in [0.05, 0.1) is 10.5 Å². The van der Waals surface area contributed by atoms with Gasteiger partial charge in [-0.15, -0.1) is 0 Å². The lowest BCUT2D eigenvalue weighted by Crippen LogP contribution is -2.24. The van der Waals surface area contributed by atoms with Gasteiger partial charge in [-0.25, -0.2) is 4.79 Å². The van der Waals surface area contributed by atoms with Gasteiger partial charge in [0.2, 0.25) is 0 Å². The third-order valence-corrected chi connectivity index (χ3v) is 3.59. The molecule has 0 aliphatic carbocycles. The van der Waals surface area contributed by atoms with Crippen LogP contribution in [0.5, 0.6) is 5.75 Å². The molecule has 0 aromatic heterocycles. The first kappa shape index (κ1) is 21.7. The van der Waals surface area contributed by atoms with Crippen molar-refractivity contribution < 1.29 is 37.2 Å². The van der Waals surface area contributed by atoms with E-state index in [0.29, 0.717) is 5.56 Å². The van der Waals surface area contributed by atoms with Gasteiger partial charge in [-0.05, 0) is 30.7 Å². The highest BCUT2D eigenvalue weighted by atomic mass is 19.4. The molecular weight excluding hydrogens is 397 g/mol. The van der Waals surface area contributed by atoms with Crippen LogP contribution in [0.1, 0.15) is 11.1 Å². The number of halogens is 3. The second-order valence-corrected chi connectivity index (χ2v) is 5.75. The number of amides is 1. The first-order valence-corrected chi connectivity index (χ1v) is 8.07. The highest BCUT2D eigenvalue weighted by Crippen LogP contribution is 2.31. The van der Waals surface area contributed by atoms with Gasteiger partial charge in [-0.3, -0.25) is 14.9 Å². The number of ether oxygens (including phenoxy) is 2. The maximum Gasteiger partial charge on any atom is 0.416 e. The van der Waals surface area contributed by atoms with E-state index < -0.39 is 41.8 Å². The third kappa shape index (κ3) is 6.19. The average Bonchev–Trinajstić information content (AvgIpc) is 2.65. The van der Waals surface area contributed by atoms with E-state index in [-0.39, 0.29) is 17.1 Å². The molecule has 29 heavy (non-hydrogen) atoms. The lowest BCUT2D eigenvalue weighted by molar-refractivity contribution is -0.384. The minimum absolute atomic E-state index is 0.0289. The number of carbonyl (C=O) groups is 2. The van der Waals surface area contributed by atoms with Crippen LogP contribution in [-0.4, -0.2) is 30.0 Å². The van der Waals surface area contributed by atoms with Gasteiger partial charge in [-0.1, -0.05) is 18.2 Å². The molecule has 0 spiro atoms. The summed E-state index contributed by atoms with van der Waals surface area (Å²) in [6, 6.07) is 8.12. The number of benzene rings is 2. The molecule has 0 bridgehead atoms. The molecule has 0 fully saturated rings. The van der Waals surface area contributed by atoms with Gasteiger partial charge in [0.15, 0.2) is 13.2 Å². The first-order chi connectivity index (χ1) is 13.6. The van der Waals surface area contributed by atoms with E-state index in [4.69, 9.17) is 4.74 Å². The fourth-order valence-corrected chi connectivity index (χ4v) is 2.23. The van der Waals surface area contributed by atoms with Crippen LogP contribution in [0, 0.1) is 17.0 Å². The molecule has 0 heterocycles. The number of nitrogens with one attached hydrogen (secondary N) is 1. The van der Waals surface area contributed by atoms with E-state index in [0.717, 1.165) is 18.2 Å². The number of anilines is 1. The quantitative estimate of drug-likeness (QED) is 0.424. The summed E-state index contributed by atoms with van der Waals surface area (Å²) < 4.78 is 47.5. The number of nitrogens with zero attached hydrogens (tertiary/aromatic N) is 1. The molecule has 1 amide bonds. The van der Waals surface area contributed by atoms with Gasteiger partial charge in [0, 0.05) is 6.07 Å². The fraction of sp³-hybridized carbons (Fsp3) is 0.222. The van der Waals surface area contributed by atoms with Crippen molar-refractivity contribution in [2.45, 2.75) is 13.1 Å². The molecule has 1 N–H and O–H groups in total. The molecule has 0 saturated carbocycles. The van der Waals surface area contributed by atoms with Crippen molar-refractivity contribution in [2.24, 2.45) is 0 Å². The Morgan fingerprint density at radius 3 is 2.48 bits per heavy atom. The van der Waals surface area contributed by atoms with E-state index >= 15 is 0 Å². The predicted molar refractivity (Wildman–Crippen MR) is 94.4 cm³/mol. The normalized spacial score (nSPS) is 10.9. The largest absolute Gasteiger partial charge is 0.482 e. The van der Waals surface area contributed by atoms with Crippen molar-refractivity contribution in [3.8, 4) is 5.75 Å². The van der Waals surface area contributed by atoms with E-state index in [2.05, 4.69) is 10.1 Å². The van der Waals surface area contributed by atoms with Crippen LogP contribution in [0.4, 0.5) is 24.5 Å². The summed E-state index contributed by atoms with van der Waals surface area (Å²) in [6.07, 6.45) is -4.56. The smallest absolute Gasteiger partial charge is 0.416 e. The van der Waals surface area contributed by atoms with Crippen molar-refractivity contribution in [3.63, 3.8) is 0 Å². The minimum atomic E-state index is -4.56. The lowest BCUT2D eigenvalue weighted by Gasteiger charge is -2.11. The van der Waals surface area contributed by atoms with Crippen molar-refractivity contribution in [1.82, 2.24) is 0 Å². The average molecular weight is 412 g/mol. The number of para-hydroxylation sites is 1. The zero-order valence-electron chi connectivity index (χ0n) is 15.0. The van der Waals surface area contributed by atoms with Crippen LogP contribution in [0.2, 0.25) is 0 Å². The number of nitro benzene ring substituents is 1. The van der Waals surface area contributed by atoms with Crippen LogP contribution in [-0.2, 0) is 20.5 Å². The fourth-order valence-electron chi connectivity index (χ4n) is 2.23. The Morgan fingerprint density at radius 2 is 1.83 bits per heavy atom. The van der Waals surface area contributed by atoms with E-state index in [1.54, 1.807) is 13.0 Å². The maximum atomic E-state index is 12.6. The highest BCUT2D eigenvalue weighted by molar-refractivity contribution is 5.95. The molecule has 0 unspecified atom stereocenters. The second kappa shape index (κ2) is 9.04. The highest BCUT2D eigenvalue weighted by Gasteiger charge is 2.30. The molecule has 154 valence electrons. The number of hydrogen-bond acceptors (Lipinski definition) is 6. The molecular formula is C18H15F3N2O6. The zero-order chi connectivity index (χ0) is 21.6. The predicted octanol–water partition coefficient (Wildman–Crippen LogP) is 3.48. The summed E-state index contributed by atoms with van der Waals surface area (Å²) in [4.78, 5) is 33.9. The molecule has 0 aliphatic heterocycles. The number of hydrogen-bond donors (Lipinski definition) is 1.